The van der Waals surface area contributed by atoms with Crippen molar-refractivity contribution in [1.29, 1.82) is 0 Å². The van der Waals surface area contributed by atoms with Crippen LogP contribution in [0.3, 0.4) is 0 Å². The van der Waals surface area contributed by atoms with E-state index in [0.29, 0.717) is 9.92 Å². The summed E-state index contributed by atoms with van der Waals surface area (Å²) in [7, 11) is 0. The molecule has 3 rings (SSSR count). The number of carbonyl (C=O) groups is 1. The van der Waals surface area contributed by atoms with E-state index >= 15 is 0 Å². The van der Waals surface area contributed by atoms with Gasteiger partial charge in [-0.2, -0.15) is 13.2 Å². The average molecular weight is 399 g/mol. The van der Waals surface area contributed by atoms with Gasteiger partial charge in [-0.3, -0.25) is 9.78 Å². The summed E-state index contributed by atoms with van der Waals surface area (Å²) >= 11 is 6.83. The van der Waals surface area contributed by atoms with Crippen LogP contribution in [0.1, 0.15) is 21.8 Å². The second-order valence-electron chi connectivity index (χ2n) is 5.24. The Bertz CT molecular complexity index is 955. The Morgan fingerprint density at radius 2 is 2.00 bits per heavy atom. The lowest BCUT2D eigenvalue weighted by molar-refractivity contribution is -0.141. The first kappa shape index (κ1) is 18.5. The largest absolute Gasteiger partial charge is 0.433 e. The van der Waals surface area contributed by atoms with Crippen molar-refractivity contribution in [2.45, 2.75) is 18.0 Å². The van der Waals surface area contributed by atoms with Gasteiger partial charge in [0.2, 0.25) is 5.12 Å². The van der Waals surface area contributed by atoms with Gasteiger partial charge in [0.05, 0.1) is 5.56 Å². The van der Waals surface area contributed by atoms with Gasteiger partial charge in [-0.05, 0) is 49.0 Å². The molecule has 0 fully saturated rings. The Hall–Kier alpha value is -2.32. The van der Waals surface area contributed by atoms with E-state index in [0.717, 1.165) is 24.0 Å². The first-order valence-corrected chi connectivity index (χ1v) is 8.43. The number of pyridine rings is 1. The number of aromatic nitrogens is 2. The number of rotatable bonds is 3. The molecule has 9 heteroatoms. The number of halogens is 4. The molecule has 0 aliphatic heterocycles. The Morgan fingerprint density at radius 3 is 2.62 bits per heavy atom. The molecule has 0 spiro atoms. The average Bonchev–Trinajstić information content (AvgIpc) is 2.96. The molecule has 0 bridgehead atoms. The summed E-state index contributed by atoms with van der Waals surface area (Å²) in [5.74, 6) is 0.263. The molecule has 26 heavy (non-hydrogen) atoms. The molecule has 0 saturated heterocycles. The van der Waals surface area contributed by atoms with Crippen molar-refractivity contribution in [1.82, 2.24) is 10.1 Å². The van der Waals surface area contributed by atoms with Gasteiger partial charge in [0.15, 0.2) is 0 Å². The molecule has 0 unspecified atom stereocenters. The van der Waals surface area contributed by atoms with E-state index in [4.69, 9.17) is 16.1 Å². The second kappa shape index (κ2) is 7.13. The van der Waals surface area contributed by atoms with Crippen molar-refractivity contribution in [3.05, 3.63) is 64.6 Å². The lowest BCUT2D eigenvalue weighted by Crippen LogP contribution is -2.07. The van der Waals surface area contributed by atoms with Crippen LogP contribution < -0.4 is 0 Å². The van der Waals surface area contributed by atoms with Gasteiger partial charge in [-0.15, -0.1) is 0 Å². The summed E-state index contributed by atoms with van der Waals surface area (Å²) < 4.78 is 43.0. The van der Waals surface area contributed by atoms with Crippen molar-refractivity contribution in [2.75, 3.05) is 0 Å². The van der Waals surface area contributed by atoms with E-state index in [1.165, 1.54) is 6.07 Å². The molecular formula is C17H10ClF3N2O2S. The number of thioether (sulfide) groups is 1. The van der Waals surface area contributed by atoms with Crippen molar-refractivity contribution < 1.29 is 22.5 Å². The molecule has 0 radical (unpaired) electrons. The van der Waals surface area contributed by atoms with Crippen LogP contribution in [0, 0.1) is 6.92 Å². The van der Waals surface area contributed by atoms with Crippen molar-refractivity contribution in [3.63, 3.8) is 0 Å². The van der Waals surface area contributed by atoms with Gasteiger partial charge in [0.1, 0.15) is 17.1 Å². The summed E-state index contributed by atoms with van der Waals surface area (Å²) in [6, 6.07) is 8.77. The highest BCUT2D eigenvalue weighted by molar-refractivity contribution is 8.14. The van der Waals surface area contributed by atoms with Crippen LogP contribution >= 0.6 is 23.4 Å². The highest BCUT2D eigenvalue weighted by Gasteiger charge is 2.32. The van der Waals surface area contributed by atoms with Crippen LogP contribution in [0.4, 0.5) is 13.2 Å². The topological polar surface area (TPSA) is 56.0 Å². The second-order valence-corrected chi connectivity index (χ2v) is 6.72. The monoisotopic (exact) mass is 398 g/mol. The summed E-state index contributed by atoms with van der Waals surface area (Å²) in [4.78, 5) is 16.7. The molecule has 0 amide bonds. The number of hydrogen-bond acceptors (Lipinski definition) is 5. The van der Waals surface area contributed by atoms with Gasteiger partial charge in [-0.1, -0.05) is 22.8 Å². The molecule has 134 valence electrons. The van der Waals surface area contributed by atoms with Crippen LogP contribution in [0.2, 0.25) is 5.02 Å². The van der Waals surface area contributed by atoms with E-state index in [1.807, 2.05) is 0 Å². The number of hydrogen-bond donors (Lipinski definition) is 0. The van der Waals surface area contributed by atoms with Gasteiger partial charge >= 0.3 is 6.18 Å². The molecule has 4 nitrogen and oxygen atoms in total. The Labute approximate surface area is 155 Å². The van der Waals surface area contributed by atoms with Gasteiger partial charge in [-0.25, -0.2) is 0 Å². The third-order valence-electron chi connectivity index (χ3n) is 3.40. The maximum absolute atomic E-state index is 12.6. The smallest absolute Gasteiger partial charge is 0.360 e. The Morgan fingerprint density at radius 1 is 1.23 bits per heavy atom. The van der Waals surface area contributed by atoms with E-state index < -0.39 is 11.9 Å². The zero-order valence-corrected chi connectivity index (χ0v) is 14.7. The number of benzene rings is 1. The van der Waals surface area contributed by atoms with Crippen LogP contribution in [-0.2, 0) is 6.18 Å². The summed E-state index contributed by atoms with van der Waals surface area (Å²) in [6.07, 6.45) is -3.53. The van der Waals surface area contributed by atoms with Crippen LogP contribution in [0.25, 0.3) is 11.3 Å². The minimum atomic E-state index is -4.54. The first-order chi connectivity index (χ1) is 12.3. The lowest BCUT2D eigenvalue weighted by atomic mass is 10.1. The quantitative estimate of drug-likeness (QED) is 0.533. The maximum atomic E-state index is 12.6. The summed E-state index contributed by atoms with van der Waals surface area (Å²) in [5.41, 5.74) is -0.452. The van der Waals surface area contributed by atoms with Crippen LogP contribution in [0.5, 0.6) is 0 Å². The molecule has 3 aromatic rings. The van der Waals surface area contributed by atoms with E-state index in [9.17, 15) is 18.0 Å². The van der Waals surface area contributed by atoms with Gasteiger partial charge in [0.25, 0.3) is 0 Å². The first-order valence-electron chi connectivity index (χ1n) is 7.23. The standard InChI is InChI=1S/C17H10ClF3N2O2S/c1-9-14(16(24)26-12-4-2-3-11(18)7-12)15(23-25-9)10-5-6-13(22-8-10)17(19,20)21/h2-8H,1H3. The Kier molecular flexibility index (Phi) is 5.06. The number of alkyl halides is 3. The Balaban J connectivity index is 1.92. The van der Waals surface area contributed by atoms with Gasteiger partial charge in [0, 0.05) is 21.7 Å². The van der Waals surface area contributed by atoms with Gasteiger partial charge < -0.3 is 4.52 Å². The highest BCUT2D eigenvalue weighted by atomic mass is 35.5. The molecule has 0 aliphatic rings. The molecule has 0 saturated carbocycles. The van der Waals surface area contributed by atoms with Crippen molar-refractivity contribution in [3.8, 4) is 11.3 Å². The highest BCUT2D eigenvalue weighted by Crippen LogP contribution is 2.33. The van der Waals surface area contributed by atoms with E-state index in [-0.39, 0.29) is 27.7 Å². The minimum absolute atomic E-state index is 0.142. The molecule has 2 aromatic heterocycles. The van der Waals surface area contributed by atoms with Crippen molar-refractivity contribution >= 4 is 28.5 Å². The maximum Gasteiger partial charge on any atom is 0.433 e. The third-order valence-corrected chi connectivity index (χ3v) is 4.52. The van der Waals surface area contributed by atoms with Crippen LogP contribution in [0.15, 0.2) is 52.0 Å². The normalized spacial score (nSPS) is 11.6. The van der Waals surface area contributed by atoms with E-state index in [1.54, 1.807) is 31.2 Å². The number of nitrogens with zero attached hydrogens (tertiary/aromatic N) is 2. The molecule has 0 N–H and O–H groups in total. The molecule has 1 aromatic carbocycles. The zero-order valence-electron chi connectivity index (χ0n) is 13.2. The molecule has 0 aliphatic carbocycles. The lowest BCUT2D eigenvalue weighted by Gasteiger charge is -2.06. The van der Waals surface area contributed by atoms with Crippen LogP contribution in [-0.4, -0.2) is 15.3 Å². The zero-order chi connectivity index (χ0) is 18.9. The predicted octanol–water partition coefficient (Wildman–Crippen LogP) is 5.65. The SMILES string of the molecule is Cc1onc(-c2ccc(C(F)(F)F)nc2)c1C(=O)Sc1cccc(Cl)c1. The minimum Gasteiger partial charge on any atom is -0.360 e. The number of carbonyl (C=O) groups excluding carboxylic acids is 1. The fourth-order valence-electron chi connectivity index (χ4n) is 2.20. The fourth-order valence-corrected chi connectivity index (χ4v) is 3.34. The number of aryl methyl sites for hydroxylation is 1. The molecule has 0 atom stereocenters. The molecular weight excluding hydrogens is 389 g/mol. The predicted molar refractivity (Wildman–Crippen MR) is 91.1 cm³/mol. The molecule has 2 heterocycles. The fraction of sp³-hybridized carbons (Fsp3) is 0.118. The van der Waals surface area contributed by atoms with E-state index in [2.05, 4.69) is 10.1 Å². The third kappa shape index (κ3) is 3.91. The summed E-state index contributed by atoms with van der Waals surface area (Å²) in [5, 5.41) is 3.92. The van der Waals surface area contributed by atoms with Crippen molar-refractivity contribution in [2.24, 2.45) is 0 Å². The summed E-state index contributed by atoms with van der Waals surface area (Å²) in [6.45, 7) is 1.56.